The van der Waals surface area contributed by atoms with Crippen LogP contribution in [0.5, 0.6) is 0 Å². The Kier molecular flexibility index (Phi) is 4.00. The molecular formula is C14H11FN4O2. The molecule has 7 heteroatoms. The van der Waals surface area contributed by atoms with E-state index in [0.29, 0.717) is 0 Å². The van der Waals surface area contributed by atoms with Crippen LogP contribution in [0.3, 0.4) is 0 Å². The molecule has 0 saturated heterocycles. The summed E-state index contributed by atoms with van der Waals surface area (Å²) in [4.78, 5) is 10.4. The fraction of sp³-hybridized carbons (Fsp3) is 0.0714. The Hall–Kier alpha value is -3.14. The zero-order valence-electron chi connectivity index (χ0n) is 10.8. The van der Waals surface area contributed by atoms with Crippen LogP contribution < -0.4 is 11.1 Å². The van der Waals surface area contributed by atoms with Gasteiger partial charge in [-0.3, -0.25) is 10.1 Å². The summed E-state index contributed by atoms with van der Waals surface area (Å²) in [5.74, 6) is -0.522. The number of benzene rings is 2. The number of nitrogen functional groups attached to an aromatic ring is 1. The zero-order valence-corrected chi connectivity index (χ0v) is 10.8. The van der Waals surface area contributed by atoms with Gasteiger partial charge < -0.3 is 11.1 Å². The zero-order chi connectivity index (χ0) is 15.4. The van der Waals surface area contributed by atoms with Gasteiger partial charge in [0.25, 0.3) is 5.69 Å². The normalized spacial score (nSPS) is 11.4. The molecule has 0 aliphatic heterocycles. The molecule has 0 heterocycles. The number of nitriles is 1. The topological polar surface area (TPSA) is 105 Å². The third-order valence-electron chi connectivity index (χ3n) is 2.89. The highest BCUT2D eigenvalue weighted by atomic mass is 19.1. The second-order valence-electron chi connectivity index (χ2n) is 4.25. The van der Waals surface area contributed by atoms with E-state index < -0.39 is 16.8 Å². The third kappa shape index (κ3) is 3.06. The quantitative estimate of drug-likeness (QED) is 0.510. The Morgan fingerprint density at radius 3 is 2.71 bits per heavy atom. The van der Waals surface area contributed by atoms with Crippen molar-refractivity contribution in [1.29, 1.82) is 5.26 Å². The van der Waals surface area contributed by atoms with E-state index >= 15 is 0 Å². The molecule has 3 N–H and O–H groups in total. The summed E-state index contributed by atoms with van der Waals surface area (Å²) in [7, 11) is 0. The summed E-state index contributed by atoms with van der Waals surface area (Å²) in [5, 5.41) is 23.0. The molecule has 0 spiro atoms. The van der Waals surface area contributed by atoms with Crippen molar-refractivity contribution in [3.05, 3.63) is 64.0 Å². The predicted molar refractivity (Wildman–Crippen MR) is 75.9 cm³/mol. The second-order valence-corrected chi connectivity index (χ2v) is 4.25. The maximum atomic E-state index is 13.2. The highest BCUT2D eigenvalue weighted by Crippen LogP contribution is 2.29. The Bertz CT molecular complexity index is 727. The molecule has 2 aromatic carbocycles. The third-order valence-corrected chi connectivity index (χ3v) is 2.89. The lowest BCUT2D eigenvalue weighted by molar-refractivity contribution is -0.385. The van der Waals surface area contributed by atoms with Gasteiger partial charge in [0.2, 0.25) is 0 Å². The summed E-state index contributed by atoms with van der Waals surface area (Å²) in [6, 6.07) is 10.4. The number of para-hydroxylation sites is 1. The van der Waals surface area contributed by atoms with E-state index in [9.17, 15) is 19.8 Å². The van der Waals surface area contributed by atoms with Gasteiger partial charge in [-0.15, -0.1) is 0 Å². The molecule has 6 nitrogen and oxygen atoms in total. The van der Waals surface area contributed by atoms with E-state index in [2.05, 4.69) is 5.32 Å². The Morgan fingerprint density at radius 1 is 1.33 bits per heavy atom. The minimum absolute atomic E-state index is 0.188. The van der Waals surface area contributed by atoms with E-state index in [-0.39, 0.29) is 22.6 Å². The second kappa shape index (κ2) is 5.88. The van der Waals surface area contributed by atoms with E-state index in [4.69, 9.17) is 5.73 Å². The first kappa shape index (κ1) is 14.3. The van der Waals surface area contributed by atoms with Crippen LogP contribution in [0.2, 0.25) is 0 Å². The number of hydrogen-bond acceptors (Lipinski definition) is 5. The number of rotatable bonds is 4. The summed E-state index contributed by atoms with van der Waals surface area (Å²) in [6.07, 6.45) is 0. The number of hydrogen-bond donors (Lipinski definition) is 2. The average Bonchev–Trinajstić information content (AvgIpc) is 2.48. The highest BCUT2D eigenvalue weighted by Gasteiger charge is 2.22. The lowest BCUT2D eigenvalue weighted by atomic mass is 10.1. The molecule has 0 amide bonds. The Labute approximate surface area is 119 Å². The van der Waals surface area contributed by atoms with E-state index in [0.717, 1.165) is 6.07 Å². The smallest absolute Gasteiger partial charge is 0.275 e. The molecule has 0 aromatic heterocycles. The molecule has 0 bridgehead atoms. The van der Waals surface area contributed by atoms with Crippen LogP contribution in [0, 0.1) is 27.3 Å². The van der Waals surface area contributed by atoms with Crippen molar-refractivity contribution in [2.45, 2.75) is 6.04 Å². The Balaban J connectivity index is 2.40. The van der Waals surface area contributed by atoms with E-state index in [1.165, 1.54) is 30.3 Å². The number of nitro benzene ring substituents is 1. The Morgan fingerprint density at radius 2 is 2.05 bits per heavy atom. The maximum Gasteiger partial charge on any atom is 0.275 e. The van der Waals surface area contributed by atoms with Crippen LogP contribution >= 0.6 is 0 Å². The molecule has 1 unspecified atom stereocenters. The molecule has 0 saturated carbocycles. The molecule has 0 aliphatic rings. The van der Waals surface area contributed by atoms with Crippen molar-refractivity contribution in [1.82, 2.24) is 0 Å². The van der Waals surface area contributed by atoms with Crippen LogP contribution in [0.25, 0.3) is 0 Å². The minimum Gasteiger partial charge on any atom is -0.397 e. The van der Waals surface area contributed by atoms with Gasteiger partial charge >= 0.3 is 0 Å². The van der Waals surface area contributed by atoms with E-state index in [1.54, 1.807) is 6.07 Å². The highest BCUT2D eigenvalue weighted by molar-refractivity contribution is 5.67. The first-order valence-electron chi connectivity index (χ1n) is 5.97. The van der Waals surface area contributed by atoms with Crippen LogP contribution in [-0.4, -0.2) is 4.92 Å². The number of nitro groups is 1. The molecule has 21 heavy (non-hydrogen) atoms. The molecule has 2 rings (SSSR count). The molecule has 0 fully saturated rings. The van der Waals surface area contributed by atoms with Gasteiger partial charge in [0.15, 0.2) is 0 Å². The molecule has 0 aliphatic carbocycles. The maximum absolute atomic E-state index is 13.2. The molecule has 1 atom stereocenters. The van der Waals surface area contributed by atoms with E-state index in [1.807, 2.05) is 6.07 Å². The number of halogens is 1. The van der Waals surface area contributed by atoms with Crippen molar-refractivity contribution in [2.24, 2.45) is 0 Å². The first-order chi connectivity index (χ1) is 10.0. The van der Waals surface area contributed by atoms with Gasteiger partial charge in [0, 0.05) is 6.07 Å². The monoisotopic (exact) mass is 286 g/mol. The van der Waals surface area contributed by atoms with Crippen LogP contribution in [0.4, 0.5) is 21.5 Å². The summed E-state index contributed by atoms with van der Waals surface area (Å²) in [5.41, 5.74) is 6.15. The summed E-state index contributed by atoms with van der Waals surface area (Å²) < 4.78 is 13.2. The van der Waals surface area contributed by atoms with Gasteiger partial charge in [-0.05, 0) is 24.3 Å². The molecule has 106 valence electrons. The van der Waals surface area contributed by atoms with Gasteiger partial charge in [-0.2, -0.15) is 5.26 Å². The first-order valence-corrected chi connectivity index (χ1v) is 5.97. The van der Waals surface area contributed by atoms with Gasteiger partial charge in [-0.25, -0.2) is 4.39 Å². The number of nitrogens with zero attached hydrogens (tertiary/aromatic N) is 2. The van der Waals surface area contributed by atoms with Crippen molar-refractivity contribution in [3.63, 3.8) is 0 Å². The number of nitrogens with two attached hydrogens (primary N) is 1. The van der Waals surface area contributed by atoms with Crippen molar-refractivity contribution >= 4 is 17.1 Å². The van der Waals surface area contributed by atoms with Crippen LogP contribution in [-0.2, 0) is 0 Å². The van der Waals surface area contributed by atoms with Crippen molar-refractivity contribution in [2.75, 3.05) is 11.1 Å². The van der Waals surface area contributed by atoms with Gasteiger partial charge in [0.1, 0.15) is 11.9 Å². The lowest BCUT2D eigenvalue weighted by Crippen LogP contribution is -2.12. The van der Waals surface area contributed by atoms with Crippen LogP contribution in [0.1, 0.15) is 11.6 Å². The number of nitrogens with one attached hydrogen (secondary N) is 1. The average molecular weight is 286 g/mol. The lowest BCUT2D eigenvalue weighted by Gasteiger charge is -2.15. The molecular weight excluding hydrogens is 275 g/mol. The van der Waals surface area contributed by atoms with Crippen molar-refractivity contribution in [3.8, 4) is 6.07 Å². The standard InChI is InChI=1S/C14H11FN4O2/c15-9-5-6-11(17)12(7-9)18-13(8-16)10-3-1-2-4-14(10)19(20)21/h1-7,13,18H,17H2. The number of anilines is 2. The summed E-state index contributed by atoms with van der Waals surface area (Å²) in [6.45, 7) is 0. The SMILES string of the molecule is N#CC(Nc1cc(F)ccc1N)c1ccccc1[N+](=O)[O-]. The predicted octanol–water partition coefficient (Wildman–Crippen LogP) is 2.99. The largest absolute Gasteiger partial charge is 0.397 e. The minimum atomic E-state index is -1.02. The fourth-order valence-electron chi connectivity index (χ4n) is 1.89. The summed E-state index contributed by atoms with van der Waals surface area (Å²) >= 11 is 0. The van der Waals surface area contributed by atoms with Crippen LogP contribution in [0.15, 0.2) is 42.5 Å². The molecule has 2 aromatic rings. The fourth-order valence-corrected chi connectivity index (χ4v) is 1.89. The molecule has 0 radical (unpaired) electrons. The van der Waals surface area contributed by atoms with Gasteiger partial charge in [0.05, 0.1) is 27.9 Å². The van der Waals surface area contributed by atoms with Crippen molar-refractivity contribution < 1.29 is 9.31 Å². The van der Waals surface area contributed by atoms with Gasteiger partial charge in [-0.1, -0.05) is 12.1 Å².